The second-order valence-electron chi connectivity index (χ2n) is 5.29. The highest BCUT2D eigenvalue weighted by atomic mass is 35.5. The van der Waals surface area contributed by atoms with E-state index in [1.807, 2.05) is 13.1 Å². The Morgan fingerprint density at radius 3 is 2.88 bits per heavy atom. The van der Waals surface area contributed by atoms with Crippen LogP contribution in [0.25, 0.3) is 0 Å². The largest absolute Gasteiger partial charge is 0.381 e. The summed E-state index contributed by atoms with van der Waals surface area (Å²) < 4.78 is 0. The van der Waals surface area contributed by atoms with Gasteiger partial charge in [-0.2, -0.15) is 0 Å². The van der Waals surface area contributed by atoms with Gasteiger partial charge in [-0.25, -0.2) is 4.98 Å². The molecule has 2 atom stereocenters. The Morgan fingerprint density at radius 1 is 1.29 bits per heavy atom. The predicted molar refractivity (Wildman–Crippen MR) is 73.6 cm³/mol. The van der Waals surface area contributed by atoms with Gasteiger partial charge in [0.1, 0.15) is 5.15 Å². The Bertz CT molecular complexity index is 378. The second-order valence-corrected chi connectivity index (χ2v) is 5.64. The van der Waals surface area contributed by atoms with Crippen LogP contribution in [0.3, 0.4) is 0 Å². The zero-order chi connectivity index (χ0) is 12.3. The van der Waals surface area contributed by atoms with Gasteiger partial charge in [-0.3, -0.25) is 0 Å². The van der Waals surface area contributed by atoms with Gasteiger partial charge in [-0.05, 0) is 43.7 Å². The van der Waals surface area contributed by atoms with E-state index in [0.29, 0.717) is 11.2 Å². The van der Waals surface area contributed by atoms with E-state index in [-0.39, 0.29) is 0 Å². The lowest BCUT2D eigenvalue weighted by Gasteiger charge is -2.18. The third-order valence-corrected chi connectivity index (χ3v) is 4.04. The van der Waals surface area contributed by atoms with Gasteiger partial charge in [-0.1, -0.05) is 31.4 Å². The maximum atomic E-state index is 5.93. The summed E-state index contributed by atoms with van der Waals surface area (Å²) in [6.45, 7) is 4.35. The normalized spacial score (nSPS) is 25.4. The first kappa shape index (κ1) is 12.7. The molecule has 1 N–H and O–H groups in total. The quantitative estimate of drug-likeness (QED) is 0.622. The van der Waals surface area contributed by atoms with Crippen molar-refractivity contribution in [1.29, 1.82) is 0 Å². The molecule has 94 valence electrons. The number of rotatable bonds is 2. The van der Waals surface area contributed by atoms with E-state index >= 15 is 0 Å². The molecular formula is C14H21ClN2. The fourth-order valence-electron chi connectivity index (χ4n) is 2.50. The molecule has 0 spiro atoms. The number of hydrogen-bond acceptors (Lipinski definition) is 2. The van der Waals surface area contributed by atoms with Gasteiger partial charge in [0, 0.05) is 6.04 Å². The van der Waals surface area contributed by atoms with Crippen molar-refractivity contribution < 1.29 is 0 Å². The van der Waals surface area contributed by atoms with Crippen molar-refractivity contribution in [1.82, 2.24) is 4.98 Å². The van der Waals surface area contributed by atoms with Crippen molar-refractivity contribution in [2.75, 3.05) is 5.32 Å². The minimum absolute atomic E-state index is 0.599. The van der Waals surface area contributed by atoms with Crippen molar-refractivity contribution in [3.8, 4) is 0 Å². The first-order valence-corrected chi connectivity index (χ1v) is 6.91. The van der Waals surface area contributed by atoms with Crippen LogP contribution in [-0.2, 0) is 0 Å². The van der Waals surface area contributed by atoms with Gasteiger partial charge in [0.2, 0.25) is 0 Å². The lowest BCUT2D eigenvalue weighted by molar-refractivity contribution is 0.502. The zero-order valence-corrected chi connectivity index (χ0v) is 11.4. The number of anilines is 1. The van der Waals surface area contributed by atoms with Crippen molar-refractivity contribution >= 4 is 17.3 Å². The number of nitrogens with zero attached hydrogens (tertiary/aromatic N) is 1. The highest BCUT2D eigenvalue weighted by molar-refractivity contribution is 6.30. The molecule has 3 heteroatoms. The van der Waals surface area contributed by atoms with E-state index in [9.17, 15) is 0 Å². The highest BCUT2D eigenvalue weighted by Crippen LogP contribution is 2.25. The predicted octanol–water partition coefficient (Wildman–Crippen LogP) is 4.42. The SMILES string of the molecule is Cc1cc(NC2CCCC(C)CC2)cnc1Cl. The summed E-state index contributed by atoms with van der Waals surface area (Å²) in [7, 11) is 0. The van der Waals surface area contributed by atoms with Gasteiger partial charge in [0.15, 0.2) is 0 Å². The maximum Gasteiger partial charge on any atom is 0.132 e. The molecule has 0 amide bonds. The van der Waals surface area contributed by atoms with Crippen LogP contribution in [0.15, 0.2) is 12.3 Å². The molecule has 0 radical (unpaired) electrons. The molecule has 0 aliphatic heterocycles. The summed E-state index contributed by atoms with van der Waals surface area (Å²) in [5.41, 5.74) is 2.14. The molecular weight excluding hydrogens is 232 g/mol. The number of nitrogens with one attached hydrogen (secondary N) is 1. The van der Waals surface area contributed by atoms with E-state index in [1.165, 1.54) is 32.1 Å². The van der Waals surface area contributed by atoms with E-state index in [1.54, 1.807) is 0 Å². The van der Waals surface area contributed by atoms with Crippen LogP contribution in [0.1, 0.15) is 44.6 Å². The Balaban J connectivity index is 1.97. The highest BCUT2D eigenvalue weighted by Gasteiger charge is 2.16. The monoisotopic (exact) mass is 252 g/mol. The molecule has 1 aromatic heterocycles. The number of halogens is 1. The summed E-state index contributed by atoms with van der Waals surface area (Å²) in [6, 6.07) is 2.69. The van der Waals surface area contributed by atoms with Crippen LogP contribution in [0.4, 0.5) is 5.69 Å². The molecule has 2 nitrogen and oxygen atoms in total. The molecule has 2 rings (SSSR count). The molecule has 1 aliphatic carbocycles. The minimum atomic E-state index is 0.599. The smallest absolute Gasteiger partial charge is 0.132 e. The Labute approximate surface area is 109 Å². The molecule has 1 fully saturated rings. The van der Waals surface area contributed by atoms with Crippen molar-refractivity contribution in [2.45, 2.75) is 52.0 Å². The molecule has 1 aromatic rings. The maximum absolute atomic E-state index is 5.93. The number of aromatic nitrogens is 1. The summed E-state index contributed by atoms with van der Waals surface area (Å²) in [5, 5.41) is 4.19. The number of pyridine rings is 1. The van der Waals surface area contributed by atoms with Gasteiger partial charge < -0.3 is 5.32 Å². The van der Waals surface area contributed by atoms with Crippen molar-refractivity contribution in [3.63, 3.8) is 0 Å². The molecule has 1 saturated carbocycles. The van der Waals surface area contributed by atoms with Crippen LogP contribution in [0, 0.1) is 12.8 Å². The Morgan fingerprint density at radius 2 is 2.12 bits per heavy atom. The van der Waals surface area contributed by atoms with Crippen molar-refractivity contribution in [2.24, 2.45) is 5.92 Å². The van der Waals surface area contributed by atoms with Crippen LogP contribution < -0.4 is 5.32 Å². The van der Waals surface area contributed by atoms with Gasteiger partial charge in [0.25, 0.3) is 0 Å². The molecule has 17 heavy (non-hydrogen) atoms. The van der Waals surface area contributed by atoms with E-state index in [4.69, 9.17) is 11.6 Å². The molecule has 0 aromatic carbocycles. The van der Waals surface area contributed by atoms with E-state index in [0.717, 1.165) is 17.2 Å². The topological polar surface area (TPSA) is 24.9 Å². The summed E-state index contributed by atoms with van der Waals surface area (Å²) in [6.07, 6.45) is 8.41. The number of aryl methyl sites for hydroxylation is 1. The van der Waals surface area contributed by atoms with Crippen LogP contribution >= 0.6 is 11.6 Å². The van der Waals surface area contributed by atoms with Gasteiger partial charge in [-0.15, -0.1) is 0 Å². The third kappa shape index (κ3) is 3.60. The Hall–Kier alpha value is -0.760. The van der Waals surface area contributed by atoms with Gasteiger partial charge >= 0.3 is 0 Å². The minimum Gasteiger partial charge on any atom is -0.381 e. The lowest BCUT2D eigenvalue weighted by Crippen LogP contribution is -2.18. The molecule has 1 aliphatic rings. The second kappa shape index (κ2) is 5.72. The molecule has 0 bridgehead atoms. The van der Waals surface area contributed by atoms with Crippen molar-refractivity contribution in [3.05, 3.63) is 23.0 Å². The molecule has 0 saturated heterocycles. The van der Waals surface area contributed by atoms with Crippen LogP contribution in [0.2, 0.25) is 5.15 Å². The standard InChI is InChI=1S/C14H21ClN2/c1-10-4-3-5-12(7-6-10)17-13-8-11(2)14(15)16-9-13/h8-10,12,17H,3-7H2,1-2H3. The molecule has 2 unspecified atom stereocenters. The third-order valence-electron chi connectivity index (χ3n) is 3.64. The fraction of sp³-hybridized carbons (Fsp3) is 0.643. The average Bonchev–Trinajstić information content (AvgIpc) is 2.49. The molecule has 1 heterocycles. The average molecular weight is 253 g/mol. The Kier molecular flexibility index (Phi) is 4.27. The first-order valence-electron chi connectivity index (χ1n) is 6.54. The summed E-state index contributed by atoms with van der Waals surface area (Å²) in [5.74, 6) is 0.881. The van der Waals surface area contributed by atoms with Gasteiger partial charge in [0.05, 0.1) is 11.9 Å². The van der Waals surface area contributed by atoms with Crippen LogP contribution in [0.5, 0.6) is 0 Å². The van der Waals surface area contributed by atoms with E-state index < -0.39 is 0 Å². The fourth-order valence-corrected chi connectivity index (χ4v) is 2.61. The summed E-state index contributed by atoms with van der Waals surface area (Å²) in [4.78, 5) is 4.19. The summed E-state index contributed by atoms with van der Waals surface area (Å²) >= 11 is 5.93. The number of hydrogen-bond donors (Lipinski definition) is 1. The zero-order valence-electron chi connectivity index (χ0n) is 10.7. The first-order chi connectivity index (χ1) is 8.15. The van der Waals surface area contributed by atoms with E-state index in [2.05, 4.69) is 23.3 Å². The van der Waals surface area contributed by atoms with Crippen LogP contribution in [-0.4, -0.2) is 11.0 Å². The lowest BCUT2D eigenvalue weighted by atomic mass is 10.0.